The van der Waals surface area contributed by atoms with Crippen LogP contribution in [0.5, 0.6) is 0 Å². The number of hydrogen-bond donors (Lipinski definition) is 1. The van der Waals surface area contributed by atoms with Crippen molar-refractivity contribution >= 4 is 11.7 Å². The highest BCUT2D eigenvalue weighted by Gasteiger charge is 2.25. The fourth-order valence-electron chi connectivity index (χ4n) is 1.05. The van der Waals surface area contributed by atoms with Gasteiger partial charge in [0.15, 0.2) is 5.78 Å². The van der Waals surface area contributed by atoms with Crippen LogP contribution in [0, 0.1) is 5.41 Å². The Balaban J connectivity index is 2.84. The molecule has 0 saturated carbocycles. The molecule has 0 aromatic heterocycles. The number of carbonyl (C=O) groups excluding carboxylic acids is 2. The SMILES string of the molecule is CC(C)(C)C=C1NC(=O)CC1=O. The van der Waals surface area contributed by atoms with Crippen molar-refractivity contribution in [3.8, 4) is 0 Å². The maximum atomic E-state index is 11.1. The van der Waals surface area contributed by atoms with Crippen LogP contribution in [-0.2, 0) is 9.59 Å². The number of Topliss-reactive ketones (excluding diaryl/α,β-unsaturated/α-hetero) is 1. The van der Waals surface area contributed by atoms with E-state index < -0.39 is 0 Å². The Hall–Kier alpha value is -1.12. The fraction of sp³-hybridized carbons (Fsp3) is 0.556. The smallest absolute Gasteiger partial charge is 0.232 e. The molecule has 0 atom stereocenters. The molecule has 1 aliphatic rings. The van der Waals surface area contributed by atoms with E-state index >= 15 is 0 Å². The molecule has 1 N–H and O–H groups in total. The van der Waals surface area contributed by atoms with Gasteiger partial charge in [0.25, 0.3) is 0 Å². The molecule has 1 amide bonds. The van der Waals surface area contributed by atoms with E-state index in [4.69, 9.17) is 0 Å². The summed E-state index contributed by atoms with van der Waals surface area (Å²) in [5, 5.41) is 2.53. The summed E-state index contributed by atoms with van der Waals surface area (Å²) in [4.78, 5) is 21.9. The lowest BCUT2D eigenvalue weighted by Gasteiger charge is -2.12. The van der Waals surface area contributed by atoms with Crippen LogP contribution in [0.15, 0.2) is 11.8 Å². The Morgan fingerprint density at radius 1 is 1.33 bits per heavy atom. The quantitative estimate of drug-likeness (QED) is 0.432. The first-order valence-corrected chi connectivity index (χ1v) is 3.94. The third-order valence-corrected chi connectivity index (χ3v) is 1.47. The van der Waals surface area contributed by atoms with Gasteiger partial charge in [0, 0.05) is 0 Å². The Bertz CT molecular complexity index is 258. The van der Waals surface area contributed by atoms with Gasteiger partial charge < -0.3 is 5.32 Å². The van der Waals surface area contributed by atoms with Gasteiger partial charge in [-0.2, -0.15) is 0 Å². The first-order chi connectivity index (χ1) is 5.38. The largest absolute Gasteiger partial charge is 0.323 e. The van der Waals surface area contributed by atoms with Crippen LogP contribution in [0.4, 0.5) is 0 Å². The molecular weight excluding hydrogens is 154 g/mol. The molecule has 0 spiro atoms. The van der Waals surface area contributed by atoms with Crippen molar-refractivity contribution in [1.82, 2.24) is 5.32 Å². The summed E-state index contributed by atoms with van der Waals surface area (Å²) < 4.78 is 0. The highest BCUT2D eigenvalue weighted by Crippen LogP contribution is 2.19. The van der Waals surface area contributed by atoms with Crippen LogP contribution < -0.4 is 5.32 Å². The van der Waals surface area contributed by atoms with Crippen molar-refractivity contribution in [1.29, 1.82) is 0 Å². The van der Waals surface area contributed by atoms with Crippen molar-refractivity contribution < 1.29 is 9.59 Å². The van der Waals surface area contributed by atoms with E-state index in [1.807, 2.05) is 20.8 Å². The number of ketones is 1. The maximum absolute atomic E-state index is 11.1. The highest BCUT2D eigenvalue weighted by atomic mass is 16.2. The molecule has 66 valence electrons. The minimum atomic E-state index is -0.199. The van der Waals surface area contributed by atoms with E-state index in [0.29, 0.717) is 5.70 Å². The standard InChI is InChI=1S/C9H13NO2/c1-9(2,3)5-6-7(11)4-8(12)10-6/h5H,4H2,1-3H3,(H,10,12). The topological polar surface area (TPSA) is 46.2 Å². The van der Waals surface area contributed by atoms with Crippen LogP contribution in [0.3, 0.4) is 0 Å². The van der Waals surface area contributed by atoms with Gasteiger partial charge in [-0.25, -0.2) is 0 Å². The van der Waals surface area contributed by atoms with E-state index in [2.05, 4.69) is 5.32 Å². The van der Waals surface area contributed by atoms with Gasteiger partial charge in [-0.15, -0.1) is 0 Å². The second-order valence-corrected chi connectivity index (χ2v) is 4.07. The molecule has 0 unspecified atom stereocenters. The lowest BCUT2D eigenvalue weighted by molar-refractivity contribution is -0.121. The van der Waals surface area contributed by atoms with Gasteiger partial charge in [-0.3, -0.25) is 9.59 Å². The molecule has 0 aromatic carbocycles. The average molecular weight is 167 g/mol. The zero-order chi connectivity index (χ0) is 9.35. The van der Waals surface area contributed by atoms with Crippen molar-refractivity contribution in [2.24, 2.45) is 5.41 Å². The van der Waals surface area contributed by atoms with Gasteiger partial charge in [-0.05, 0) is 5.41 Å². The molecule has 0 aliphatic carbocycles. The van der Waals surface area contributed by atoms with Crippen LogP contribution in [0.2, 0.25) is 0 Å². The second-order valence-electron chi connectivity index (χ2n) is 4.07. The third-order valence-electron chi connectivity index (χ3n) is 1.47. The van der Waals surface area contributed by atoms with E-state index in [1.54, 1.807) is 6.08 Å². The van der Waals surface area contributed by atoms with Crippen LogP contribution >= 0.6 is 0 Å². The van der Waals surface area contributed by atoms with Gasteiger partial charge in [0.1, 0.15) is 0 Å². The molecule has 0 radical (unpaired) electrons. The summed E-state index contributed by atoms with van der Waals surface area (Å²) in [6, 6.07) is 0. The predicted molar refractivity (Wildman–Crippen MR) is 45.3 cm³/mol. The lowest BCUT2D eigenvalue weighted by Crippen LogP contribution is -2.15. The van der Waals surface area contributed by atoms with E-state index in [1.165, 1.54) is 0 Å². The van der Waals surface area contributed by atoms with Crippen molar-refractivity contribution in [2.45, 2.75) is 27.2 Å². The van der Waals surface area contributed by atoms with Crippen LogP contribution in [0.1, 0.15) is 27.2 Å². The maximum Gasteiger partial charge on any atom is 0.232 e. The molecule has 0 bridgehead atoms. The van der Waals surface area contributed by atoms with E-state index in [9.17, 15) is 9.59 Å². The molecule has 12 heavy (non-hydrogen) atoms. The number of hydrogen-bond acceptors (Lipinski definition) is 2. The Kier molecular flexibility index (Phi) is 2.04. The zero-order valence-corrected chi connectivity index (χ0v) is 7.60. The second kappa shape index (κ2) is 2.73. The first kappa shape index (κ1) is 8.97. The zero-order valence-electron chi connectivity index (χ0n) is 7.60. The number of nitrogens with one attached hydrogen (secondary N) is 1. The molecule has 1 heterocycles. The van der Waals surface area contributed by atoms with Gasteiger partial charge in [-0.1, -0.05) is 26.8 Å². The van der Waals surface area contributed by atoms with Crippen LogP contribution in [-0.4, -0.2) is 11.7 Å². The number of allylic oxidation sites excluding steroid dienone is 2. The van der Waals surface area contributed by atoms with Gasteiger partial charge in [0.05, 0.1) is 12.1 Å². The molecule has 3 heteroatoms. The molecule has 1 aliphatic heterocycles. The fourth-order valence-corrected chi connectivity index (χ4v) is 1.05. The minimum absolute atomic E-state index is 0.00190. The van der Waals surface area contributed by atoms with Gasteiger partial charge >= 0.3 is 0 Å². The average Bonchev–Trinajstić information content (AvgIpc) is 2.06. The predicted octanol–water partition coefficient (Wildman–Crippen LogP) is 1.01. The summed E-state index contributed by atoms with van der Waals surface area (Å²) in [6.45, 7) is 5.95. The third kappa shape index (κ3) is 2.19. The Labute approximate surface area is 71.8 Å². The monoisotopic (exact) mass is 167 g/mol. The van der Waals surface area contributed by atoms with E-state index in [0.717, 1.165) is 0 Å². The number of rotatable bonds is 0. The lowest BCUT2D eigenvalue weighted by atomic mass is 9.95. The number of carbonyl (C=O) groups is 2. The summed E-state index contributed by atoms with van der Waals surface area (Å²) in [5.41, 5.74) is 0.385. The molecule has 0 aromatic rings. The highest BCUT2D eigenvalue weighted by molar-refractivity contribution is 6.14. The summed E-state index contributed by atoms with van der Waals surface area (Å²) in [6.07, 6.45) is 1.79. The summed E-state index contributed by atoms with van der Waals surface area (Å²) >= 11 is 0. The van der Waals surface area contributed by atoms with Gasteiger partial charge in [0.2, 0.25) is 5.91 Å². The number of amides is 1. The van der Waals surface area contributed by atoms with Crippen LogP contribution in [0.25, 0.3) is 0 Å². The molecule has 3 nitrogen and oxygen atoms in total. The Morgan fingerprint density at radius 2 is 1.92 bits per heavy atom. The van der Waals surface area contributed by atoms with Crippen molar-refractivity contribution in [3.63, 3.8) is 0 Å². The van der Waals surface area contributed by atoms with Crippen molar-refractivity contribution in [3.05, 3.63) is 11.8 Å². The summed E-state index contributed by atoms with van der Waals surface area (Å²) in [7, 11) is 0. The molecular formula is C9H13NO2. The van der Waals surface area contributed by atoms with Crippen molar-refractivity contribution in [2.75, 3.05) is 0 Å². The Morgan fingerprint density at radius 3 is 2.25 bits per heavy atom. The normalized spacial score (nSPS) is 21.8. The minimum Gasteiger partial charge on any atom is -0.323 e. The molecule has 1 rings (SSSR count). The molecule has 1 saturated heterocycles. The summed E-state index contributed by atoms with van der Waals surface area (Å²) in [5.74, 6) is -0.301. The first-order valence-electron chi connectivity index (χ1n) is 3.94. The van der Waals surface area contributed by atoms with E-state index in [-0.39, 0.29) is 23.5 Å². The molecule has 1 fully saturated rings.